The van der Waals surface area contributed by atoms with Crippen molar-refractivity contribution >= 4 is 23.4 Å². The first-order chi connectivity index (χ1) is 11.5. The van der Waals surface area contributed by atoms with Gasteiger partial charge in [-0.3, -0.25) is 14.4 Å². The number of ether oxygens (including phenoxy) is 1. The Labute approximate surface area is 140 Å². The molecule has 0 spiro atoms. The van der Waals surface area contributed by atoms with Crippen LogP contribution in [0.5, 0.6) is 5.75 Å². The van der Waals surface area contributed by atoms with E-state index in [4.69, 9.17) is 10.5 Å². The van der Waals surface area contributed by atoms with Gasteiger partial charge in [0.1, 0.15) is 5.75 Å². The van der Waals surface area contributed by atoms with Gasteiger partial charge < -0.3 is 20.3 Å². The molecule has 0 bridgehead atoms. The summed E-state index contributed by atoms with van der Waals surface area (Å²) < 4.78 is 5.52. The zero-order chi connectivity index (χ0) is 17.1. The predicted octanol–water partition coefficient (Wildman–Crippen LogP) is 0.526. The van der Waals surface area contributed by atoms with Crippen molar-refractivity contribution < 1.29 is 19.1 Å². The smallest absolute Gasteiger partial charge is 0.260 e. The Hall–Kier alpha value is -2.57. The fourth-order valence-electron chi connectivity index (χ4n) is 3.07. The van der Waals surface area contributed by atoms with Crippen LogP contribution >= 0.6 is 0 Å². The Morgan fingerprint density at radius 1 is 1.17 bits per heavy atom. The molecule has 7 nitrogen and oxygen atoms in total. The molecule has 3 amide bonds. The molecule has 1 atom stereocenters. The van der Waals surface area contributed by atoms with Crippen LogP contribution in [-0.4, -0.2) is 48.9 Å². The third-order valence-corrected chi connectivity index (χ3v) is 4.50. The molecule has 0 radical (unpaired) electrons. The maximum atomic E-state index is 12.0. The van der Waals surface area contributed by atoms with Crippen LogP contribution in [0.3, 0.4) is 0 Å². The number of nitrogens with two attached hydrogens (primary N) is 1. The van der Waals surface area contributed by atoms with Crippen molar-refractivity contribution in [2.75, 3.05) is 31.1 Å². The van der Waals surface area contributed by atoms with Crippen molar-refractivity contribution in [2.45, 2.75) is 19.3 Å². The largest absolute Gasteiger partial charge is 0.484 e. The highest BCUT2D eigenvalue weighted by Gasteiger charge is 2.33. The van der Waals surface area contributed by atoms with Gasteiger partial charge in [-0.1, -0.05) is 0 Å². The molecule has 2 fully saturated rings. The van der Waals surface area contributed by atoms with E-state index in [1.807, 2.05) is 0 Å². The second-order valence-electron chi connectivity index (χ2n) is 6.18. The first-order valence-corrected chi connectivity index (χ1v) is 8.15. The van der Waals surface area contributed by atoms with Gasteiger partial charge in [0, 0.05) is 31.7 Å². The average Bonchev–Trinajstić information content (AvgIpc) is 3.23. The fourth-order valence-corrected chi connectivity index (χ4v) is 3.07. The number of rotatable bonds is 5. The van der Waals surface area contributed by atoms with Crippen molar-refractivity contribution in [3.8, 4) is 5.75 Å². The SMILES string of the molecule is NC(=O)[C@@H]1CC(=O)N(c2ccc(OCC(=O)N3CCCC3)cc2)C1. The molecule has 128 valence electrons. The van der Waals surface area contributed by atoms with E-state index in [0.29, 0.717) is 18.0 Å². The van der Waals surface area contributed by atoms with Crippen LogP contribution in [-0.2, 0) is 14.4 Å². The Morgan fingerprint density at radius 3 is 2.42 bits per heavy atom. The highest BCUT2D eigenvalue weighted by atomic mass is 16.5. The third-order valence-electron chi connectivity index (χ3n) is 4.50. The van der Waals surface area contributed by atoms with Crippen LogP contribution in [0.15, 0.2) is 24.3 Å². The zero-order valence-electron chi connectivity index (χ0n) is 13.4. The number of carbonyl (C=O) groups excluding carboxylic acids is 3. The maximum absolute atomic E-state index is 12.0. The monoisotopic (exact) mass is 331 g/mol. The average molecular weight is 331 g/mol. The molecule has 2 heterocycles. The van der Waals surface area contributed by atoms with Gasteiger partial charge in [-0.05, 0) is 37.1 Å². The number of anilines is 1. The molecular weight excluding hydrogens is 310 g/mol. The van der Waals surface area contributed by atoms with Gasteiger partial charge in [-0.25, -0.2) is 0 Å². The minimum atomic E-state index is -0.453. The first-order valence-electron chi connectivity index (χ1n) is 8.15. The lowest BCUT2D eigenvalue weighted by molar-refractivity contribution is -0.132. The van der Waals surface area contributed by atoms with Crippen LogP contribution in [0.4, 0.5) is 5.69 Å². The van der Waals surface area contributed by atoms with Gasteiger partial charge in [0.05, 0.1) is 5.92 Å². The second-order valence-corrected chi connectivity index (χ2v) is 6.18. The molecule has 7 heteroatoms. The number of hydrogen-bond donors (Lipinski definition) is 1. The van der Waals surface area contributed by atoms with Gasteiger partial charge in [0.15, 0.2) is 6.61 Å². The fraction of sp³-hybridized carbons (Fsp3) is 0.471. The number of nitrogens with zero attached hydrogens (tertiary/aromatic N) is 2. The van der Waals surface area contributed by atoms with E-state index in [9.17, 15) is 14.4 Å². The van der Waals surface area contributed by atoms with Gasteiger partial charge in [-0.15, -0.1) is 0 Å². The van der Waals surface area contributed by atoms with Gasteiger partial charge in [0.2, 0.25) is 11.8 Å². The molecule has 2 aliphatic heterocycles. The van der Waals surface area contributed by atoms with E-state index >= 15 is 0 Å². The second kappa shape index (κ2) is 6.90. The number of likely N-dealkylation sites (tertiary alicyclic amines) is 1. The molecule has 0 unspecified atom stereocenters. The number of primary amides is 1. The molecule has 2 N–H and O–H groups in total. The van der Waals surface area contributed by atoms with Crippen LogP contribution in [0.2, 0.25) is 0 Å². The molecule has 1 aromatic carbocycles. The van der Waals surface area contributed by atoms with Crippen molar-refractivity contribution in [1.29, 1.82) is 0 Å². The summed E-state index contributed by atoms with van der Waals surface area (Å²) in [7, 11) is 0. The van der Waals surface area contributed by atoms with Crippen LogP contribution in [0.1, 0.15) is 19.3 Å². The first kappa shape index (κ1) is 16.3. The Balaban J connectivity index is 1.56. The van der Waals surface area contributed by atoms with E-state index in [1.54, 1.807) is 34.1 Å². The molecule has 0 aromatic heterocycles. The number of benzene rings is 1. The predicted molar refractivity (Wildman–Crippen MR) is 87.4 cm³/mol. The lowest BCUT2D eigenvalue weighted by Crippen LogP contribution is -2.32. The standard InChI is InChI=1S/C17H21N3O4/c18-17(23)12-9-15(21)20(10-12)13-3-5-14(6-4-13)24-11-16(22)19-7-1-2-8-19/h3-6,12H,1-2,7-11H2,(H2,18,23)/t12-/m1/s1. The Morgan fingerprint density at radius 2 is 1.83 bits per heavy atom. The van der Waals surface area contributed by atoms with Crippen molar-refractivity contribution in [3.63, 3.8) is 0 Å². The van der Waals surface area contributed by atoms with Gasteiger partial charge in [0.25, 0.3) is 5.91 Å². The number of hydrogen-bond acceptors (Lipinski definition) is 4. The van der Waals surface area contributed by atoms with E-state index in [0.717, 1.165) is 25.9 Å². The maximum Gasteiger partial charge on any atom is 0.260 e. The van der Waals surface area contributed by atoms with Crippen molar-refractivity contribution in [2.24, 2.45) is 11.7 Å². The summed E-state index contributed by atoms with van der Waals surface area (Å²) in [6, 6.07) is 6.93. The topological polar surface area (TPSA) is 92.9 Å². The molecule has 1 aromatic rings. The Bertz CT molecular complexity index is 638. The number of amides is 3. The highest BCUT2D eigenvalue weighted by Crippen LogP contribution is 2.26. The molecule has 0 saturated carbocycles. The summed E-state index contributed by atoms with van der Waals surface area (Å²) >= 11 is 0. The van der Waals surface area contributed by atoms with E-state index in [-0.39, 0.29) is 24.8 Å². The van der Waals surface area contributed by atoms with E-state index in [2.05, 4.69) is 0 Å². The lowest BCUT2D eigenvalue weighted by Gasteiger charge is -2.18. The number of carbonyl (C=O) groups is 3. The minimum absolute atomic E-state index is 0.00408. The van der Waals surface area contributed by atoms with Gasteiger partial charge in [-0.2, -0.15) is 0 Å². The molecule has 2 saturated heterocycles. The van der Waals surface area contributed by atoms with E-state index in [1.165, 1.54) is 0 Å². The Kier molecular flexibility index (Phi) is 4.69. The summed E-state index contributed by atoms with van der Waals surface area (Å²) in [5.74, 6) is -0.436. The summed E-state index contributed by atoms with van der Waals surface area (Å²) in [5, 5.41) is 0. The van der Waals surface area contributed by atoms with Crippen LogP contribution < -0.4 is 15.4 Å². The zero-order valence-corrected chi connectivity index (χ0v) is 13.4. The molecule has 24 heavy (non-hydrogen) atoms. The van der Waals surface area contributed by atoms with Crippen molar-refractivity contribution in [3.05, 3.63) is 24.3 Å². The third kappa shape index (κ3) is 3.50. The normalized spacial score (nSPS) is 20.5. The van der Waals surface area contributed by atoms with Gasteiger partial charge >= 0.3 is 0 Å². The van der Waals surface area contributed by atoms with Crippen molar-refractivity contribution in [1.82, 2.24) is 4.90 Å². The summed E-state index contributed by atoms with van der Waals surface area (Å²) in [6.07, 6.45) is 2.26. The molecule has 0 aliphatic carbocycles. The molecule has 3 rings (SSSR count). The summed E-state index contributed by atoms with van der Waals surface area (Å²) in [6.45, 7) is 1.94. The molecule has 2 aliphatic rings. The highest BCUT2D eigenvalue weighted by molar-refractivity contribution is 6.00. The lowest BCUT2D eigenvalue weighted by atomic mass is 10.1. The minimum Gasteiger partial charge on any atom is -0.484 e. The molecular formula is C17H21N3O4. The van der Waals surface area contributed by atoms with Crippen LogP contribution in [0.25, 0.3) is 0 Å². The van der Waals surface area contributed by atoms with E-state index < -0.39 is 11.8 Å². The summed E-state index contributed by atoms with van der Waals surface area (Å²) in [5.41, 5.74) is 5.97. The van der Waals surface area contributed by atoms with Crippen LogP contribution in [0, 0.1) is 5.92 Å². The summed E-state index contributed by atoms with van der Waals surface area (Å²) in [4.78, 5) is 38.5. The quantitative estimate of drug-likeness (QED) is 0.851.